The predicted molar refractivity (Wildman–Crippen MR) is 130 cm³/mol. The Morgan fingerprint density at radius 2 is 1.84 bits per heavy atom. The van der Waals surface area contributed by atoms with Crippen LogP contribution in [-0.2, 0) is 19.1 Å². The van der Waals surface area contributed by atoms with Crippen LogP contribution in [0.1, 0.15) is 79.6 Å². The molecule has 0 spiro atoms. The van der Waals surface area contributed by atoms with Gasteiger partial charge in [-0.3, -0.25) is 9.59 Å². The van der Waals surface area contributed by atoms with Gasteiger partial charge in [0.15, 0.2) is 0 Å². The fourth-order valence-corrected chi connectivity index (χ4v) is 9.05. The molecule has 0 aromatic heterocycles. The summed E-state index contributed by atoms with van der Waals surface area (Å²) in [6, 6.07) is 0. The van der Waals surface area contributed by atoms with E-state index >= 15 is 0 Å². The number of allylic oxidation sites excluding steroid dienone is 1. The summed E-state index contributed by atoms with van der Waals surface area (Å²) in [6.07, 6.45) is 9.78. The molecule has 0 N–H and O–H groups in total. The molecule has 0 aliphatic heterocycles. The van der Waals surface area contributed by atoms with Gasteiger partial charge in [-0.05, 0) is 67.1 Å². The molecule has 4 aliphatic rings. The van der Waals surface area contributed by atoms with E-state index in [-0.39, 0.29) is 29.6 Å². The molecule has 0 unspecified atom stereocenters. The van der Waals surface area contributed by atoms with Gasteiger partial charge in [-0.1, -0.05) is 55.0 Å². The number of hydrogen-bond acceptors (Lipinski definition) is 4. The highest BCUT2D eigenvalue weighted by Gasteiger charge is 2.62. The number of carbonyl (C=O) groups excluding carboxylic acids is 2. The zero-order chi connectivity index (χ0) is 22.6. The van der Waals surface area contributed by atoms with E-state index in [4.69, 9.17) is 9.47 Å². The zero-order valence-electron chi connectivity index (χ0n) is 19.8. The number of alkyl halides is 1. The number of hydrogen-bond donors (Lipinski definition) is 0. The van der Waals surface area contributed by atoms with Crippen molar-refractivity contribution >= 4 is 34.5 Å². The quantitative estimate of drug-likeness (QED) is 0.186. The number of rotatable bonds is 4. The van der Waals surface area contributed by atoms with Crippen molar-refractivity contribution in [2.24, 2.45) is 40.4 Å². The van der Waals surface area contributed by atoms with Gasteiger partial charge in [0, 0.05) is 36.5 Å². The van der Waals surface area contributed by atoms with Gasteiger partial charge in [-0.15, -0.1) is 0 Å². The number of ether oxygens (including phenoxy) is 2. The lowest BCUT2D eigenvalue weighted by molar-refractivity contribution is -0.172. The number of esters is 2. The van der Waals surface area contributed by atoms with Crippen LogP contribution in [0.25, 0.3) is 0 Å². The maximum absolute atomic E-state index is 12.1. The van der Waals surface area contributed by atoms with Crippen molar-refractivity contribution in [3.05, 3.63) is 11.6 Å². The predicted octanol–water partition coefficient (Wildman–Crippen LogP) is 6.11. The summed E-state index contributed by atoms with van der Waals surface area (Å²) in [5.41, 5.74) is 1.66. The second-order valence-corrected chi connectivity index (χ2v) is 12.1. The van der Waals surface area contributed by atoms with Gasteiger partial charge in [0.1, 0.15) is 12.2 Å². The van der Waals surface area contributed by atoms with Crippen molar-refractivity contribution in [2.45, 2.75) is 91.8 Å². The highest BCUT2D eigenvalue weighted by Crippen LogP contribution is 2.67. The van der Waals surface area contributed by atoms with Crippen LogP contribution in [0.15, 0.2) is 11.6 Å². The van der Waals surface area contributed by atoms with Crippen molar-refractivity contribution in [1.82, 2.24) is 0 Å². The number of halogens is 1. The molecule has 3 fully saturated rings. The summed E-state index contributed by atoms with van der Waals surface area (Å²) in [6.45, 7) is 10.3. The molecule has 0 bridgehead atoms. The number of carbonyl (C=O) groups is 2. The second-order valence-electron chi connectivity index (χ2n) is 11.3. The lowest BCUT2D eigenvalue weighted by Crippen LogP contribution is -2.57. The van der Waals surface area contributed by atoms with E-state index in [1.54, 1.807) is 0 Å². The molecule has 0 radical (unpaired) electrons. The molecular weight excluding hydrogens is 503 g/mol. The Labute approximate surface area is 201 Å². The monoisotopic (exact) mass is 542 g/mol. The van der Waals surface area contributed by atoms with Crippen molar-refractivity contribution in [2.75, 3.05) is 4.43 Å². The van der Waals surface area contributed by atoms with E-state index in [0.29, 0.717) is 23.7 Å². The van der Waals surface area contributed by atoms with Crippen LogP contribution in [0.2, 0.25) is 0 Å². The third kappa shape index (κ3) is 3.89. The first-order valence-corrected chi connectivity index (χ1v) is 13.7. The van der Waals surface area contributed by atoms with Crippen LogP contribution in [-0.4, -0.2) is 28.6 Å². The van der Waals surface area contributed by atoms with Crippen LogP contribution >= 0.6 is 22.6 Å². The van der Waals surface area contributed by atoms with Gasteiger partial charge in [0.25, 0.3) is 0 Å². The van der Waals surface area contributed by atoms with E-state index < -0.39 is 0 Å². The lowest BCUT2D eigenvalue weighted by Gasteiger charge is -2.60. The standard InChI is InChI=1S/C26H39IO4/c1-15(14-27)21-8-9-22-20-7-6-18-12-19(30-16(2)28)13-24(31-17(3)29)26(18,5)23(20)10-11-25(21,22)4/h6,15,19-24H,7-14H2,1-5H3/t15-,19-,20+,21-,22+,23+,24+,25-,26+/m1/s1. The van der Waals surface area contributed by atoms with Gasteiger partial charge in [0.05, 0.1) is 0 Å². The van der Waals surface area contributed by atoms with Crippen molar-refractivity contribution in [1.29, 1.82) is 0 Å². The minimum Gasteiger partial charge on any atom is -0.462 e. The molecule has 0 saturated heterocycles. The normalized spacial score (nSPS) is 44.9. The molecule has 0 amide bonds. The maximum atomic E-state index is 12.1. The number of fused-ring (bicyclic) bond motifs is 5. The van der Waals surface area contributed by atoms with E-state index in [2.05, 4.69) is 49.4 Å². The molecule has 4 rings (SSSR count). The third-order valence-electron chi connectivity index (χ3n) is 9.77. The fraction of sp³-hybridized carbons (Fsp3) is 0.846. The van der Waals surface area contributed by atoms with Crippen LogP contribution < -0.4 is 0 Å². The van der Waals surface area contributed by atoms with Gasteiger partial charge in [0.2, 0.25) is 0 Å². The molecule has 0 aromatic carbocycles. The second kappa shape index (κ2) is 8.64. The van der Waals surface area contributed by atoms with Crippen LogP contribution in [0.4, 0.5) is 0 Å². The van der Waals surface area contributed by atoms with Crippen molar-refractivity contribution in [3.63, 3.8) is 0 Å². The molecule has 5 heteroatoms. The summed E-state index contributed by atoms with van der Waals surface area (Å²) >= 11 is 2.57. The molecule has 174 valence electrons. The van der Waals surface area contributed by atoms with Crippen LogP contribution in [0.5, 0.6) is 0 Å². The summed E-state index contributed by atoms with van der Waals surface area (Å²) < 4.78 is 12.8. The smallest absolute Gasteiger partial charge is 0.302 e. The van der Waals surface area contributed by atoms with E-state index in [9.17, 15) is 9.59 Å². The van der Waals surface area contributed by atoms with Gasteiger partial charge < -0.3 is 9.47 Å². The average Bonchev–Trinajstić information content (AvgIpc) is 3.04. The molecule has 0 heterocycles. The Balaban J connectivity index is 1.66. The highest BCUT2D eigenvalue weighted by molar-refractivity contribution is 14.1. The lowest BCUT2D eigenvalue weighted by atomic mass is 9.46. The fourth-order valence-electron chi connectivity index (χ4n) is 8.44. The Hall–Kier alpha value is -0.590. The molecule has 31 heavy (non-hydrogen) atoms. The molecule has 4 nitrogen and oxygen atoms in total. The highest BCUT2D eigenvalue weighted by atomic mass is 127. The van der Waals surface area contributed by atoms with E-state index in [0.717, 1.165) is 30.6 Å². The van der Waals surface area contributed by atoms with Crippen LogP contribution in [0, 0.1) is 40.4 Å². The van der Waals surface area contributed by atoms with E-state index in [1.807, 2.05) is 0 Å². The van der Waals surface area contributed by atoms with Crippen molar-refractivity contribution < 1.29 is 19.1 Å². The molecule has 9 atom stereocenters. The first-order chi connectivity index (χ1) is 14.6. The largest absolute Gasteiger partial charge is 0.462 e. The summed E-state index contributed by atoms with van der Waals surface area (Å²) in [7, 11) is 0. The van der Waals surface area contributed by atoms with E-state index in [1.165, 1.54) is 49.5 Å². The SMILES string of the molecule is CC(=O)O[C@@H]1CC2=CC[C@H]3[C@@H]4CC[C@H]([C@H](C)CI)[C@@]4(C)CC[C@@H]3[C@@]2(C)[C@@H](OC(C)=O)C1. The Morgan fingerprint density at radius 3 is 2.48 bits per heavy atom. The summed E-state index contributed by atoms with van der Waals surface area (Å²) in [5, 5.41) is 0. The van der Waals surface area contributed by atoms with Gasteiger partial charge in [-0.25, -0.2) is 0 Å². The Kier molecular flexibility index (Phi) is 6.57. The maximum Gasteiger partial charge on any atom is 0.302 e. The molecule has 4 aliphatic carbocycles. The summed E-state index contributed by atoms with van der Waals surface area (Å²) in [5.74, 6) is 3.11. The molecule has 0 aromatic rings. The minimum absolute atomic E-state index is 0.139. The van der Waals surface area contributed by atoms with Gasteiger partial charge in [-0.2, -0.15) is 0 Å². The zero-order valence-corrected chi connectivity index (χ0v) is 21.9. The first kappa shape index (κ1) is 23.6. The average molecular weight is 542 g/mol. The molecule has 3 saturated carbocycles. The summed E-state index contributed by atoms with van der Waals surface area (Å²) in [4.78, 5) is 23.7. The minimum atomic E-state index is -0.251. The third-order valence-corrected chi connectivity index (χ3v) is 11.2. The Bertz CT molecular complexity index is 763. The van der Waals surface area contributed by atoms with Gasteiger partial charge >= 0.3 is 11.9 Å². The van der Waals surface area contributed by atoms with Crippen molar-refractivity contribution in [3.8, 4) is 0 Å². The first-order valence-electron chi connectivity index (χ1n) is 12.2. The topological polar surface area (TPSA) is 52.6 Å². The van der Waals surface area contributed by atoms with Crippen LogP contribution in [0.3, 0.4) is 0 Å². The molecular formula is C26H39IO4. The Morgan fingerprint density at radius 1 is 1.13 bits per heavy atom.